The minimum absolute atomic E-state index is 0.128. The summed E-state index contributed by atoms with van der Waals surface area (Å²) in [5.74, 6) is 0.969. The van der Waals surface area contributed by atoms with Crippen LogP contribution in [0.1, 0.15) is 38.8 Å². The predicted molar refractivity (Wildman–Crippen MR) is 112 cm³/mol. The van der Waals surface area contributed by atoms with Crippen molar-refractivity contribution in [2.45, 2.75) is 45.1 Å². The second-order valence-corrected chi connectivity index (χ2v) is 8.38. The molecule has 3 rings (SSSR count). The number of hydrogen-bond acceptors (Lipinski definition) is 3. The predicted octanol–water partition coefficient (Wildman–Crippen LogP) is 4.63. The average Bonchev–Trinajstić information content (AvgIpc) is 2.67. The van der Waals surface area contributed by atoms with Gasteiger partial charge in [0.25, 0.3) is 0 Å². The summed E-state index contributed by atoms with van der Waals surface area (Å²) >= 11 is 0. The van der Waals surface area contributed by atoms with Gasteiger partial charge in [-0.25, -0.2) is 0 Å². The molecule has 5 heteroatoms. The zero-order valence-corrected chi connectivity index (χ0v) is 17.0. The molecule has 4 nitrogen and oxygen atoms in total. The van der Waals surface area contributed by atoms with Crippen LogP contribution in [0.25, 0.3) is 16.6 Å². The first-order chi connectivity index (χ1) is 13.0. The lowest BCUT2D eigenvalue weighted by atomic mass is 10.0. The summed E-state index contributed by atoms with van der Waals surface area (Å²) in [6.45, 7) is 6.19. The molecular formula is C22H26N2O2S. The zero-order chi connectivity index (χ0) is 19.4. The largest absolute Gasteiger partial charge is 0.302 e. The van der Waals surface area contributed by atoms with Crippen molar-refractivity contribution in [1.29, 1.82) is 0 Å². The van der Waals surface area contributed by atoms with E-state index in [1.807, 2.05) is 47.9 Å². The van der Waals surface area contributed by atoms with Gasteiger partial charge < -0.3 is 4.57 Å². The first-order valence-corrected chi connectivity index (χ1v) is 10.8. The second kappa shape index (κ2) is 8.61. The summed E-state index contributed by atoms with van der Waals surface area (Å²) < 4.78 is 15.3. The van der Waals surface area contributed by atoms with E-state index in [-0.39, 0.29) is 5.43 Å². The maximum atomic E-state index is 13.3. The van der Waals surface area contributed by atoms with Crippen LogP contribution in [0.15, 0.2) is 58.5 Å². The summed E-state index contributed by atoms with van der Waals surface area (Å²) in [7, 11) is -1.26. The van der Waals surface area contributed by atoms with Gasteiger partial charge in [-0.2, -0.15) is 0 Å². The summed E-state index contributed by atoms with van der Waals surface area (Å²) in [5.41, 5.74) is 2.36. The Morgan fingerprint density at radius 3 is 2.56 bits per heavy atom. The molecule has 2 aromatic heterocycles. The fourth-order valence-electron chi connectivity index (χ4n) is 3.42. The average molecular weight is 383 g/mol. The van der Waals surface area contributed by atoms with E-state index < -0.39 is 10.8 Å². The van der Waals surface area contributed by atoms with Crippen molar-refractivity contribution in [2.24, 2.45) is 5.92 Å². The highest BCUT2D eigenvalue weighted by molar-refractivity contribution is 7.85. The topological polar surface area (TPSA) is 52.0 Å². The van der Waals surface area contributed by atoms with Crippen LogP contribution in [-0.2, 0) is 10.8 Å². The monoisotopic (exact) mass is 382 g/mol. The lowest BCUT2D eigenvalue weighted by Crippen LogP contribution is -2.19. The van der Waals surface area contributed by atoms with Gasteiger partial charge >= 0.3 is 0 Å². The molecule has 0 amide bonds. The van der Waals surface area contributed by atoms with E-state index in [9.17, 15) is 9.00 Å². The molecule has 0 saturated carbocycles. The highest BCUT2D eigenvalue weighted by Gasteiger charge is 2.19. The Bertz CT molecular complexity index is 1010. The lowest BCUT2D eigenvalue weighted by Gasteiger charge is -2.19. The van der Waals surface area contributed by atoms with E-state index >= 15 is 0 Å². The standard InChI is InChI=1S/C22H26N2O2S/c1-4-9-17(5-2)15-27(26)22-13-21(25)19-14-23-16(3)12-20(19)24(22)18-10-7-6-8-11-18/h6-8,10-14,17H,4-5,9,15H2,1-3H3. The van der Waals surface area contributed by atoms with Crippen molar-refractivity contribution in [3.63, 3.8) is 0 Å². The molecule has 0 aliphatic carbocycles. The van der Waals surface area contributed by atoms with Crippen molar-refractivity contribution in [1.82, 2.24) is 9.55 Å². The number of aromatic nitrogens is 2. The van der Waals surface area contributed by atoms with Crippen molar-refractivity contribution < 1.29 is 4.21 Å². The molecule has 0 fully saturated rings. The third kappa shape index (κ3) is 4.19. The smallest absolute Gasteiger partial charge is 0.192 e. The molecule has 2 atom stereocenters. The molecule has 142 valence electrons. The van der Waals surface area contributed by atoms with Crippen LogP contribution >= 0.6 is 0 Å². The molecule has 2 unspecified atom stereocenters. The Kier molecular flexibility index (Phi) is 6.22. The molecule has 0 N–H and O–H groups in total. The number of benzene rings is 1. The number of rotatable bonds is 7. The number of para-hydroxylation sites is 1. The number of aryl methyl sites for hydroxylation is 1. The maximum absolute atomic E-state index is 13.3. The highest BCUT2D eigenvalue weighted by atomic mass is 32.2. The van der Waals surface area contributed by atoms with E-state index in [4.69, 9.17) is 0 Å². The van der Waals surface area contributed by atoms with Gasteiger partial charge in [-0.1, -0.05) is 44.9 Å². The molecule has 0 aliphatic heterocycles. The summed E-state index contributed by atoms with van der Waals surface area (Å²) in [4.78, 5) is 17.0. The van der Waals surface area contributed by atoms with Gasteiger partial charge in [-0.05, 0) is 37.5 Å². The third-order valence-electron chi connectivity index (χ3n) is 4.91. The van der Waals surface area contributed by atoms with Gasteiger partial charge in [0.2, 0.25) is 0 Å². The molecular weight excluding hydrogens is 356 g/mol. The molecule has 0 aliphatic rings. The Morgan fingerprint density at radius 1 is 1.15 bits per heavy atom. The first-order valence-electron chi connectivity index (χ1n) is 9.51. The van der Waals surface area contributed by atoms with E-state index in [1.54, 1.807) is 6.20 Å². The minimum Gasteiger partial charge on any atom is -0.302 e. The van der Waals surface area contributed by atoms with Crippen LogP contribution in [0, 0.1) is 12.8 Å². The van der Waals surface area contributed by atoms with Crippen molar-refractivity contribution in [3.8, 4) is 5.69 Å². The molecule has 1 aromatic carbocycles. The molecule has 0 bridgehead atoms. The molecule has 0 saturated heterocycles. The Morgan fingerprint density at radius 2 is 1.89 bits per heavy atom. The molecule has 27 heavy (non-hydrogen) atoms. The Balaban J connectivity index is 2.22. The van der Waals surface area contributed by atoms with Gasteiger partial charge in [-0.15, -0.1) is 0 Å². The Hall–Kier alpha value is -2.27. The van der Waals surface area contributed by atoms with Crippen LogP contribution in [0.4, 0.5) is 0 Å². The van der Waals surface area contributed by atoms with Crippen LogP contribution in [0.5, 0.6) is 0 Å². The second-order valence-electron chi connectivity index (χ2n) is 6.94. The maximum Gasteiger partial charge on any atom is 0.192 e. The van der Waals surface area contributed by atoms with Crippen molar-refractivity contribution in [3.05, 3.63) is 64.6 Å². The summed E-state index contributed by atoms with van der Waals surface area (Å²) in [6, 6.07) is 13.2. The van der Waals surface area contributed by atoms with Crippen molar-refractivity contribution >= 4 is 21.7 Å². The van der Waals surface area contributed by atoms with Crippen LogP contribution in [-0.4, -0.2) is 19.5 Å². The van der Waals surface area contributed by atoms with Gasteiger partial charge in [0, 0.05) is 29.4 Å². The summed E-state index contributed by atoms with van der Waals surface area (Å²) in [6.07, 6.45) is 4.73. The fraction of sp³-hybridized carbons (Fsp3) is 0.364. The summed E-state index contributed by atoms with van der Waals surface area (Å²) in [5, 5.41) is 1.12. The normalized spacial score (nSPS) is 13.6. The molecule has 3 aromatic rings. The minimum atomic E-state index is -1.26. The van der Waals surface area contributed by atoms with Crippen molar-refractivity contribution in [2.75, 3.05) is 5.75 Å². The quantitative estimate of drug-likeness (QED) is 0.599. The first kappa shape index (κ1) is 19.5. The van der Waals surface area contributed by atoms with Crippen LogP contribution < -0.4 is 5.43 Å². The van der Waals surface area contributed by atoms with Gasteiger partial charge in [0.1, 0.15) is 5.03 Å². The number of hydrogen-bond donors (Lipinski definition) is 0. The SMILES string of the molecule is CCCC(CC)CS(=O)c1cc(=O)c2cnc(C)cc2n1-c1ccccc1. The van der Waals surface area contributed by atoms with E-state index in [2.05, 4.69) is 18.8 Å². The molecule has 0 spiro atoms. The Labute approximate surface area is 162 Å². The van der Waals surface area contributed by atoms with E-state index in [1.165, 1.54) is 6.07 Å². The molecule has 0 radical (unpaired) electrons. The van der Waals surface area contributed by atoms with Gasteiger partial charge in [0.15, 0.2) is 5.43 Å². The van der Waals surface area contributed by atoms with E-state index in [0.717, 1.165) is 36.2 Å². The fourth-order valence-corrected chi connectivity index (χ4v) is 5.06. The van der Waals surface area contributed by atoms with Crippen LogP contribution in [0.3, 0.4) is 0 Å². The third-order valence-corrected chi connectivity index (χ3v) is 6.45. The lowest BCUT2D eigenvalue weighted by molar-refractivity contribution is 0.510. The van der Waals surface area contributed by atoms with Gasteiger partial charge in [0.05, 0.1) is 21.7 Å². The number of fused-ring (bicyclic) bond motifs is 1. The zero-order valence-electron chi connectivity index (χ0n) is 16.1. The number of pyridine rings is 2. The highest BCUT2D eigenvalue weighted by Crippen LogP contribution is 2.24. The number of nitrogens with zero attached hydrogens (tertiary/aromatic N) is 2. The van der Waals surface area contributed by atoms with Gasteiger partial charge in [-0.3, -0.25) is 14.0 Å². The molecule has 2 heterocycles. The van der Waals surface area contributed by atoms with E-state index in [0.29, 0.717) is 22.1 Å². The van der Waals surface area contributed by atoms with Crippen LogP contribution in [0.2, 0.25) is 0 Å².